The summed E-state index contributed by atoms with van der Waals surface area (Å²) < 4.78 is 0. The van der Waals surface area contributed by atoms with Gasteiger partial charge in [0, 0.05) is 0 Å². The number of carboxylic acid groups (broad SMARTS) is 1. The van der Waals surface area contributed by atoms with Gasteiger partial charge in [0.2, 0.25) is 5.91 Å². The normalized spacial score (nSPS) is 19.2. The van der Waals surface area contributed by atoms with Crippen molar-refractivity contribution in [1.82, 2.24) is 5.32 Å². The Bertz CT molecular complexity index is 483. The van der Waals surface area contributed by atoms with Gasteiger partial charge in [0.25, 0.3) is 5.24 Å². The third-order valence-corrected chi connectivity index (χ3v) is 3.37. The molecular weight excluding hydrogens is 242 g/mol. The molecule has 0 bridgehead atoms. The number of benzene rings is 1. The van der Waals surface area contributed by atoms with Crippen LogP contribution in [0.3, 0.4) is 0 Å². The second kappa shape index (κ2) is 4.58. The number of nitrogens with one attached hydrogen (secondary N) is 1. The quantitative estimate of drug-likeness (QED) is 0.845. The van der Waals surface area contributed by atoms with Crippen molar-refractivity contribution >= 4 is 28.9 Å². The van der Waals surface area contributed by atoms with E-state index < -0.39 is 11.2 Å². The first-order valence-corrected chi connectivity index (χ1v) is 5.78. The number of thioether (sulfide) groups is 1. The third kappa shape index (κ3) is 2.65. The van der Waals surface area contributed by atoms with Gasteiger partial charge in [-0.05, 0) is 24.1 Å². The van der Waals surface area contributed by atoms with E-state index in [0.717, 1.165) is 17.3 Å². The number of carboxylic acids is 1. The summed E-state index contributed by atoms with van der Waals surface area (Å²) in [6.45, 7) is 0. The van der Waals surface area contributed by atoms with E-state index in [1.165, 1.54) is 12.1 Å². The minimum Gasteiger partial charge on any atom is -0.478 e. The maximum Gasteiger partial charge on any atom is 0.335 e. The molecule has 88 valence electrons. The van der Waals surface area contributed by atoms with E-state index >= 15 is 0 Å². The molecule has 5 nitrogen and oxygen atoms in total. The number of carbonyl (C=O) groups excluding carboxylic acids is 2. The zero-order valence-corrected chi connectivity index (χ0v) is 9.49. The zero-order valence-electron chi connectivity index (χ0n) is 8.67. The molecular formula is C11H9NO4S. The summed E-state index contributed by atoms with van der Waals surface area (Å²) in [5.74, 6) is -1.28. The van der Waals surface area contributed by atoms with Gasteiger partial charge in [-0.1, -0.05) is 23.9 Å². The van der Waals surface area contributed by atoms with Crippen LogP contribution in [-0.4, -0.2) is 27.5 Å². The Morgan fingerprint density at radius 2 is 1.94 bits per heavy atom. The summed E-state index contributed by atoms with van der Waals surface area (Å²) in [5.41, 5.74) is 1.03. The predicted molar refractivity (Wildman–Crippen MR) is 62.0 cm³/mol. The van der Waals surface area contributed by atoms with Crippen LogP contribution in [0.2, 0.25) is 0 Å². The van der Waals surface area contributed by atoms with E-state index in [1.807, 2.05) is 0 Å². The Kier molecular flexibility index (Phi) is 3.14. The molecule has 1 aromatic carbocycles. The van der Waals surface area contributed by atoms with Crippen molar-refractivity contribution in [2.24, 2.45) is 0 Å². The van der Waals surface area contributed by atoms with Crippen LogP contribution in [0.4, 0.5) is 4.79 Å². The molecule has 17 heavy (non-hydrogen) atoms. The van der Waals surface area contributed by atoms with Gasteiger partial charge in [-0.15, -0.1) is 0 Å². The Morgan fingerprint density at radius 3 is 2.41 bits per heavy atom. The lowest BCUT2D eigenvalue weighted by Crippen LogP contribution is -2.25. The maximum absolute atomic E-state index is 11.3. The summed E-state index contributed by atoms with van der Waals surface area (Å²) >= 11 is 0.963. The number of rotatable bonds is 3. The number of carbonyl (C=O) groups is 3. The first-order chi connectivity index (χ1) is 8.06. The highest BCUT2D eigenvalue weighted by atomic mass is 32.2. The minimum absolute atomic E-state index is 0.202. The SMILES string of the molecule is O=C1NC(=O)[C@@H](Cc2ccc(C(=O)O)cc2)S1. The van der Waals surface area contributed by atoms with E-state index in [-0.39, 0.29) is 16.7 Å². The number of amides is 2. The van der Waals surface area contributed by atoms with Crippen LogP contribution in [0.5, 0.6) is 0 Å². The molecule has 0 aliphatic carbocycles. The van der Waals surface area contributed by atoms with Crippen LogP contribution < -0.4 is 5.32 Å². The molecule has 1 saturated heterocycles. The molecule has 6 heteroatoms. The van der Waals surface area contributed by atoms with Crippen molar-refractivity contribution in [2.75, 3.05) is 0 Å². The Labute approximate surface area is 101 Å². The summed E-state index contributed by atoms with van der Waals surface area (Å²) in [6, 6.07) is 6.27. The molecule has 1 aromatic rings. The van der Waals surface area contributed by atoms with Crippen LogP contribution in [-0.2, 0) is 11.2 Å². The Morgan fingerprint density at radius 1 is 1.29 bits per heavy atom. The van der Waals surface area contributed by atoms with Crippen molar-refractivity contribution in [3.05, 3.63) is 35.4 Å². The topological polar surface area (TPSA) is 83.5 Å². The van der Waals surface area contributed by atoms with Crippen molar-refractivity contribution in [3.8, 4) is 0 Å². The molecule has 0 spiro atoms. The highest BCUT2D eigenvalue weighted by molar-refractivity contribution is 8.15. The van der Waals surface area contributed by atoms with Gasteiger partial charge in [-0.3, -0.25) is 14.9 Å². The van der Waals surface area contributed by atoms with Crippen LogP contribution in [0.15, 0.2) is 24.3 Å². The molecule has 0 saturated carbocycles. The lowest BCUT2D eigenvalue weighted by atomic mass is 10.1. The fourth-order valence-electron chi connectivity index (χ4n) is 1.53. The fraction of sp³-hybridized carbons (Fsp3) is 0.182. The maximum atomic E-state index is 11.3. The predicted octanol–water partition coefficient (Wildman–Crippen LogP) is 1.28. The molecule has 0 radical (unpaired) electrons. The van der Waals surface area contributed by atoms with Gasteiger partial charge in [-0.25, -0.2) is 4.79 Å². The molecule has 0 unspecified atom stereocenters. The number of imide groups is 1. The monoisotopic (exact) mass is 251 g/mol. The Balaban J connectivity index is 2.07. The molecule has 1 aliphatic rings. The summed E-state index contributed by atoms with van der Waals surface area (Å²) in [7, 11) is 0. The highest BCUT2D eigenvalue weighted by Gasteiger charge is 2.31. The average molecular weight is 251 g/mol. The molecule has 1 fully saturated rings. The minimum atomic E-state index is -0.986. The smallest absolute Gasteiger partial charge is 0.335 e. The molecule has 2 amide bonds. The summed E-state index contributed by atoms with van der Waals surface area (Å²) in [6.07, 6.45) is 0.419. The van der Waals surface area contributed by atoms with E-state index in [9.17, 15) is 14.4 Å². The van der Waals surface area contributed by atoms with Crippen molar-refractivity contribution in [3.63, 3.8) is 0 Å². The van der Waals surface area contributed by atoms with Gasteiger partial charge in [-0.2, -0.15) is 0 Å². The number of hydrogen-bond acceptors (Lipinski definition) is 4. The lowest BCUT2D eigenvalue weighted by molar-refractivity contribution is -0.118. The molecule has 2 rings (SSSR count). The van der Waals surface area contributed by atoms with Crippen molar-refractivity contribution in [2.45, 2.75) is 11.7 Å². The van der Waals surface area contributed by atoms with Crippen LogP contribution in [0.25, 0.3) is 0 Å². The van der Waals surface area contributed by atoms with Gasteiger partial charge in [0.15, 0.2) is 0 Å². The van der Waals surface area contributed by atoms with Crippen LogP contribution in [0.1, 0.15) is 15.9 Å². The summed E-state index contributed by atoms with van der Waals surface area (Å²) in [5, 5.41) is 10.2. The molecule has 1 atom stereocenters. The first-order valence-electron chi connectivity index (χ1n) is 4.90. The van der Waals surface area contributed by atoms with Crippen LogP contribution in [0, 0.1) is 0 Å². The van der Waals surface area contributed by atoms with Gasteiger partial charge < -0.3 is 5.11 Å². The van der Waals surface area contributed by atoms with Gasteiger partial charge in [0.05, 0.1) is 10.8 Å². The van der Waals surface area contributed by atoms with E-state index in [1.54, 1.807) is 12.1 Å². The molecule has 2 N–H and O–H groups in total. The lowest BCUT2D eigenvalue weighted by Gasteiger charge is -2.05. The van der Waals surface area contributed by atoms with E-state index in [2.05, 4.69) is 5.32 Å². The Hall–Kier alpha value is -1.82. The number of hydrogen-bond donors (Lipinski definition) is 2. The molecule has 1 aliphatic heterocycles. The van der Waals surface area contributed by atoms with Crippen molar-refractivity contribution < 1.29 is 19.5 Å². The highest BCUT2D eigenvalue weighted by Crippen LogP contribution is 2.22. The first kappa shape index (κ1) is 11.7. The van der Waals surface area contributed by atoms with Crippen molar-refractivity contribution in [1.29, 1.82) is 0 Å². The summed E-state index contributed by atoms with van der Waals surface area (Å²) in [4.78, 5) is 32.9. The van der Waals surface area contributed by atoms with Gasteiger partial charge >= 0.3 is 5.97 Å². The average Bonchev–Trinajstić information content (AvgIpc) is 2.58. The number of aromatic carboxylic acids is 1. The zero-order chi connectivity index (χ0) is 12.4. The second-order valence-corrected chi connectivity index (χ2v) is 4.76. The molecule has 1 heterocycles. The third-order valence-electron chi connectivity index (χ3n) is 2.39. The van der Waals surface area contributed by atoms with E-state index in [4.69, 9.17) is 5.11 Å². The van der Waals surface area contributed by atoms with Crippen LogP contribution >= 0.6 is 11.8 Å². The van der Waals surface area contributed by atoms with Gasteiger partial charge in [0.1, 0.15) is 0 Å². The second-order valence-electron chi connectivity index (χ2n) is 3.59. The molecule has 0 aromatic heterocycles. The van der Waals surface area contributed by atoms with E-state index in [0.29, 0.717) is 6.42 Å². The standard InChI is InChI=1S/C11H9NO4S/c13-9-8(17-11(16)12-9)5-6-1-3-7(4-2-6)10(14)15/h1-4,8H,5H2,(H,14,15)(H,12,13,16)/t8-/m1/s1. The fourth-order valence-corrected chi connectivity index (χ4v) is 2.38. The largest absolute Gasteiger partial charge is 0.478 e.